The first-order chi connectivity index (χ1) is 16.0. The summed E-state index contributed by atoms with van der Waals surface area (Å²) >= 11 is 12.4. The van der Waals surface area contributed by atoms with Crippen molar-refractivity contribution in [3.05, 3.63) is 52.0 Å². The molecule has 0 aromatic heterocycles. The van der Waals surface area contributed by atoms with Crippen molar-refractivity contribution in [3.63, 3.8) is 0 Å². The zero-order chi connectivity index (χ0) is 25.5. The van der Waals surface area contributed by atoms with Crippen LogP contribution in [0, 0.1) is 0 Å². The number of halogens is 2. The van der Waals surface area contributed by atoms with Gasteiger partial charge in [-0.3, -0.25) is 9.59 Å². The molecule has 0 saturated carbocycles. The quantitative estimate of drug-likeness (QED) is 0.480. The van der Waals surface area contributed by atoms with Crippen LogP contribution in [0.3, 0.4) is 0 Å². The maximum atomic E-state index is 13.4. The molecule has 2 aromatic rings. The molecule has 9 heteroatoms. The Balaban J connectivity index is 2.31. The van der Waals surface area contributed by atoms with E-state index in [-0.39, 0.29) is 25.0 Å². The molecule has 186 valence electrons. The summed E-state index contributed by atoms with van der Waals surface area (Å²) < 4.78 is 16.3. The molecular formula is C25H32Cl2N2O5. The second-order valence-electron chi connectivity index (χ2n) is 8.76. The van der Waals surface area contributed by atoms with Gasteiger partial charge in [-0.05, 0) is 44.9 Å². The zero-order valence-electron chi connectivity index (χ0n) is 20.4. The molecule has 0 spiro atoms. The van der Waals surface area contributed by atoms with E-state index < -0.39 is 11.6 Å². The Morgan fingerprint density at radius 2 is 1.59 bits per heavy atom. The van der Waals surface area contributed by atoms with Crippen LogP contribution in [0.15, 0.2) is 36.4 Å². The first-order valence-electron chi connectivity index (χ1n) is 10.9. The summed E-state index contributed by atoms with van der Waals surface area (Å²) in [6, 6.07) is 9.33. The highest BCUT2D eigenvalue weighted by Crippen LogP contribution is 2.28. The Morgan fingerprint density at radius 3 is 2.09 bits per heavy atom. The smallest absolute Gasteiger partial charge is 0.261 e. The van der Waals surface area contributed by atoms with Gasteiger partial charge in [-0.1, -0.05) is 36.2 Å². The molecule has 0 aliphatic carbocycles. The van der Waals surface area contributed by atoms with E-state index in [4.69, 9.17) is 37.4 Å². The number of benzene rings is 2. The van der Waals surface area contributed by atoms with Crippen LogP contribution in [-0.4, -0.2) is 49.1 Å². The van der Waals surface area contributed by atoms with E-state index in [1.807, 2.05) is 27.7 Å². The van der Waals surface area contributed by atoms with E-state index in [1.54, 1.807) is 36.4 Å². The van der Waals surface area contributed by atoms with Gasteiger partial charge in [0.25, 0.3) is 5.91 Å². The normalized spacial score (nSPS) is 12.0. The van der Waals surface area contributed by atoms with Crippen molar-refractivity contribution in [2.24, 2.45) is 0 Å². The highest BCUT2D eigenvalue weighted by atomic mass is 35.5. The van der Waals surface area contributed by atoms with E-state index in [0.29, 0.717) is 39.3 Å². The predicted molar refractivity (Wildman–Crippen MR) is 134 cm³/mol. The van der Waals surface area contributed by atoms with Gasteiger partial charge in [0.15, 0.2) is 6.61 Å². The Labute approximate surface area is 211 Å². The second kappa shape index (κ2) is 12.2. The van der Waals surface area contributed by atoms with Crippen LogP contribution in [0.4, 0.5) is 0 Å². The SMILES string of the molecule is CC[C@H](C(=O)NC(C)(C)C)N(Cc1ccc(Cl)cc1Cl)C(=O)COc1cc(OC)cc(OC)c1. The average molecular weight is 511 g/mol. The Kier molecular flexibility index (Phi) is 9.89. The average Bonchev–Trinajstić information content (AvgIpc) is 2.77. The van der Waals surface area contributed by atoms with Crippen LogP contribution >= 0.6 is 23.2 Å². The van der Waals surface area contributed by atoms with Crippen LogP contribution < -0.4 is 19.5 Å². The summed E-state index contributed by atoms with van der Waals surface area (Å²) in [5, 5.41) is 3.86. The zero-order valence-corrected chi connectivity index (χ0v) is 21.9. The Bertz CT molecular complexity index is 985. The van der Waals surface area contributed by atoms with Gasteiger partial charge in [0.05, 0.1) is 14.2 Å². The molecule has 34 heavy (non-hydrogen) atoms. The summed E-state index contributed by atoms with van der Waals surface area (Å²) in [5.74, 6) is 0.839. The maximum Gasteiger partial charge on any atom is 0.261 e. The van der Waals surface area contributed by atoms with Crippen molar-refractivity contribution < 1.29 is 23.8 Å². The van der Waals surface area contributed by atoms with Crippen molar-refractivity contribution in [1.82, 2.24) is 10.2 Å². The molecule has 0 aliphatic heterocycles. The number of carbonyl (C=O) groups excluding carboxylic acids is 2. The number of hydrogen-bond acceptors (Lipinski definition) is 5. The van der Waals surface area contributed by atoms with Crippen LogP contribution in [0.25, 0.3) is 0 Å². The molecular weight excluding hydrogens is 479 g/mol. The number of methoxy groups -OCH3 is 2. The van der Waals surface area contributed by atoms with Crippen molar-refractivity contribution in [2.75, 3.05) is 20.8 Å². The highest BCUT2D eigenvalue weighted by Gasteiger charge is 2.31. The van der Waals surface area contributed by atoms with E-state index in [2.05, 4.69) is 5.32 Å². The standard InChI is InChI=1S/C25H32Cl2N2O5/c1-7-22(24(31)28-25(2,3)4)29(14-16-8-9-17(26)10-21(16)27)23(30)15-34-20-12-18(32-5)11-19(13-20)33-6/h8-13,22H,7,14-15H2,1-6H3,(H,28,31)/t22-/m1/s1. The van der Waals surface area contributed by atoms with Gasteiger partial charge in [-0.15, -0.1) is 0 Å². The lowest BCUT2D eigenvalue weighted by molar-refractivity contribution is -0.143. The lowest BCUT2D eigenvalue weighted by atomic mass is 10.1. The van der Waals surface area contributed by atoms with Gasteiger partial charge in [-0.2, -0.15) is 0 Å². The summed E-state index contributed by atoms with van der Waals surface area (Å²) in [6.45, 7) is 7.35. The number of amides is 2. The molecule has 0 unspecified atom stereocenters. The highest BCUT2D eigenvalue weighted by molar-refractivity contribution is 6.35. The van der Waals surface area contributed by atoms with Gasteiger partial charge in [0.1, 0.15) is 23.3 Å². The third-order valence-electron chi connectivity index (χ3n) is 4.93. The molecule has 7 nitrogen and oxygen atoms in total. The number of hydrogen-bond donors (Lipinski definition) is 1. The summed E-state index contributed by atoms with van der Waals surface area (Å²) in [7, 11) is 3.06. The molecule has 0 aliphatic rings. The van der Waals surface area contributed by atoms with Crippen molar-refractivity contribution in [3.8, 4) is 17.2 Å². The fourth-order valence-corrected chi connectivity index (χ4v) is 3.77. The molecule has 2 amide bonds. The number of ether oxygens (including phenoxy) is 3. The second-order valence-corrected chi connectivity index (χ2v) is 9.60. The van der Waals surface area contributed by atoms with Crippen molar-refractivity contribution >= 4 is 35.0 Å². The number of nitrogens with zero attached hydrogens (tertiary/aromatic N) is 1. The largest absolute Gasteiger partial charge is 0.496 e. The third-order valence-corrected chi connectivity index (χ3v) is 5.51. The predicted octanol–water partition coefficient (Wildman–Crippen LogP) is 5.11. The lowest BCUT2D eigenvalue weighted by Gasteiger charge is -2.33. The summed E-state index contributed by atoms with van der Waals surface area (Å²) in [5.41, 5.74) is 0.217. The van der Waals surface area contributed by atoms with E-state index in [9.17, 15) is 9.59 Å². The fraction of sp³-hybridized carbons (Fsp3) is 0.440. The van der Waals surface area contributed by atoms with Gasteiger partial charge < -0.3 is 24.4 Å². The monoisotopic (exact) mass is 510 g/mol. The minimum absolute atomic E-state index is 0.121. The van der Waals surface area contributed by atoms with E-state index >= 15 is 0 Å². The molecule has 1 atom stereocenters. The van der Waals surface area contributed by atoms with Gasteiger partial charge in [0, 0.05) is 40.3 Å². The van der Waals surface area contributed by atoms with Crippen LogP contribution in [0.5, 0.6) is 17.2 Å². The third kappa shape index (κ3) is 7.99. The first kappa shape index (κ1) is 27.6. The van der Waals surface area contributed by atoms with E-state index in [1.165, 1.54) is 19.1 Å². The minimum atomic E-state index is -0.720. The first-order valence-corrected chi connectivity index (χ1v) is 11.6. The Morgan fingerprint density at radius 1 is 1.00 bits per heavy atom. The van der Waals surface area contributed by atoms with Crippen LogP contribution in [-0.2, 0) is 16.1 Å². The van der Waals surface area contributed by atoms with Gasteiger partial charge >= 0.3 is 0 Å². The molecule has 1 N–H and O–H groups in total. The maximum absolute atomic E-state index is 13.4. The molecule has 0 radical (unpaired) electrons. The topological polar surface area (TPSA) is 77.1 Å². The van der Waals surface area contributed by atoms with Crippen LogP contribution in [0.1, 0.15) is 39.7 Å². The van der Waals surface area contributed by atoms with Crippen molar-refractivity contribution in [2.45, 2.75) is 52.2 Å². The number of carbonyl (C=O) groups is 2. The molecule has 0 fully saturated rings. The molecule has 2 rings (SSSR count). The van der Waals surface area contributed by atoms with Crippen LogP contribution in [0.2, 0.25) is 10.0 Å². The molecule has 0 saturated heterocycles. The Hall–Kier alpha value is -2.64. The summed E-state index contributed by atoms with van der Waals surface area (Å²) in [4.78, 5) is 27.9. The molecule has 0 bridgehead atoms. The fourth-order valence-electron chi connectivity index (χ4n) is 3.30. The lowest BCUT2D eigenvalue weighted by Crippen LogP contribution is -2.54. The molecule has 0 heterocycles. The molecule has 2 aromatic carbocycles. The number of rotatable bonds is 10. The van der Waals surface area contributed by atoms with Crippen molar-refractivity contribution in [1.29, 1.82) is 0 Å². The summed E-state index contributed by atoms with van der Waals surface area (Å²) in [6.07, 6.45) is 0.409. The van der Waals surface area contributed by atoms with E-state index in [0.717, 1.165) is 0 Å². The number of nitrogens with one attached hydrogen (secondary N) is 1. The van der Waals surface area contributed by atoms with Gasteiger partial charge in [-0.25, -0.2) is 0 Å². The van der Waals surface area contributed by atoms with Gasteiger partial charge in [0.2, 0.25) is 5.91 Å². The minimum Gasteiger partial charge on any atom is -0.496 e.